The standard InChI is InChI=1S/C20H24FN5/c1-24-13-9-22-19(24)20-23-10-14-26(20)15-18(25-11-3-2-4-12-25)16-5-7-17(21)8-6-16/h5-10,13-14,18H,2-4,11-12,15H2,1H3. The molecule has 0 amide bonds. The van der Waals surface area contributed by atoms with Gasteiger partial charge < -0.3 is 9.13 Å². The summed E-state index contributed by atoms with van der Waals surface area (Å²) in [6.07, 6.45) is 11.3. The van der Waals surface area contributed by atoms with Gasteiger partial charge in [0.15, 0.2) is 11.6 Å². The molecule has 1 atom stereocenters. The summed E-state index contributed by atoms with van der Waals surface area (Å²) in [5, 5.41) is 0. The van der Waals surface area contributed by atoms with E-state index in [1.165, 1.54) is 19.3 Å². The fraction of sp³-hybridized carbons (Fsp3) is 0.400. The van der Waals surface area contributed by atoms with Crippen molar-refractivity contribution in [2.45, 2.75) is 31.8 Å². The Balaban J connectivity index is 1.66. The summed E-state index contributed by atoms with van der Waals surface area (Å²) in [5.74, 6) is 1.52. The zero-order valence-corrected chi connectivity index (χ0v) is 15.1. The van der Waals surface area contributed by atoms with Crippen LogP contribution in [0.15, 0.2) is 49.1 Å². The predicted molar refractivity (Wildman–Crippen MR) is 99.0 cm³/mol. The number of imidazole rings is 2. The quantitative estimate of drug-likeness (QED) is 0.703. The van der Waals surface area contributed by atoms with E-state index in [0.29, 0.717) is 0 Å². The van der Waals surface area contributed by atoms with Crippen molar-refractivity contribution in [3.63, 3.8) is 0 Å². The summed E-state index contributed by atoms with van der Waals surface area (Å²) < 4.78 is 17.6. The lowest BCUT2D eigenvalue weighted by atomic mass is 10.0. The molecule has 1 saturated heterocycles. The second-order valence-corrected chi connectivity index (χ2v) is 6.93. The minimum absolute atomic E-state index is 0.192. The zero-order chi connectivity index (χ0) is 17.9. The van der Waals surface area contributed by atoms with E-state index in [4.69, 9.17) is 0 Å². The van der Waals surface area contributed by atoms with E-state index in [9.17, 15) is 4.39 Å². The Morgan fingerprint density at radius 1 is 0.962 bits per heavy atom. The van der Waals surface area contributed by atoms with Crippen molar-refractivity contribution in [2.24, 2.45) is 7.05 Å². The summed E-state index contributed by atoms with van der Waals surface area (Å²) in [4.78, 5) is 11.5. The van der Waals surface area contributed by atoms with E-state index >= 15 is 0 Å². The van der Waals surface area contributed by atoms with Crippen molar-refractivity contribution in [3.05, 3.63) is 60.4 Å². The molecule has 1 fully saturated rings. The molecular weight excluding hydrogens is 329 g/mol. The Labute approximate surface area is 153 Å². The molecule has 6 heteroatoms. The number of benzene rings is 1. The molecule has 0 saturated carbocycles. The van der Waals surface area contributed by atoms with Crippen LogP contribution >= 0.6 is 0 Å². The first-order valence-electron chi connectivity index (χ1n) is 9.21. The van der Waals surface area contributed by atoms with Gasteiger partial charge in [-0.3, -0.25) is 4.90 Å². The highest BCUT2D eigenvalue weighted by Crippen LogP contribution is 2.28. The number of piperidine rings is 1. The molecule has 0 radical (unpaired) electrons. The lowest BCUT2D eigenvalue weighted by molar-refractivity contribution is 0.149. The Morgan fingerprint density at radius 2 is 1.65 bits per heavy atom. The highest BCUT2D eigenvalue weighted by molar-refractivity contribution is 5.44. The highest BCUT2D eigenvalue weighted by Gasteiger charge is 2.24. The molecule has 1 aromatic carbocycles. The minimum Gasteiger partial charge on any atom is -0.331 e. The Morgan fingerprint density at radius 3 is 2.35 bits per heavy atom. The van der Waals surface area contributed by atoms with Gasteiger partial charge in [-0.1, -0.05) is 18.6 Å². The van der Waals surface area contributed by atoms with Gasteiger partial charge >= 0.3 is 0 Å². The molecule has 0 N–H and O–H groups in total. The third-order valence-corrected chi connectivity index (χ3v) is 5.19. The Kier molecular flexibility index (Phi) is 4.84. The SMILES string of the molecule is Cn1ccnc1-c1nccn1CC(c1ccc(F)cc1)N1CCCCC1. The minimum atomic E-state index is -0.192. The number of aromatic nitrogens is 4. The number of aryl methyl sites for hydroxylation is 1. The number of likely N-dealkylation sites (tertiary alicyclic amines) is 1. The first-order chi connectivity index (χ1) is 12.7. The van der Waals surface area contributed by atoms with Crippen LogP contribution in [0.2, 0.25) is 0 Å². The monoisotopic (exact) mass is 353 g/mol. The van der Waals surface area contributed by atoms with E-state index in [1.54, 1.807) is 18.3 Å². The topological polar surface area (TPSA) is 38.9 Å². The van der Waals surface area contributed by atoms with E-state index in [2.05, 4.69) is 19.4 Å². The van der Waals surface area contributed by atoms with Gasteiger partial charge in [-0.05, 0) is 43.6 Å². The number of halogens is 1. The second kappa shape index (κ2) is 7.41. The van der Waals surface area contributed by atoms with Crippen LogP contribution in [0.3, 0.4) is 0 Å². The number of hydrogen-bond acceptors (Lipinski definition) is 3. The van der Waals surface area contributed by atoms with Crippen molar-refractivity contribution in [2.75, 3.05) is 13.1 Å². The van der Waals surface area contributed by atoms with Gasteiger partial charge in [-0.15, -0.1) is 0 Å². The average molecular weight is 353 g/mol. The number of nitrogens with zero attached hydrogens (tertiary/aromatic N) is 5. The third-order valence-electron chi connectivity index (χ3n) is 5.19. The van der Waals surface area contributed by atoms with Gasteiger partial charge in [0.2, 0.25) is 0 Å². The average Bonchev–Trinajstić information content (AvgIpc) is 3.29. The smallest absolute Gasteiger partial charge is 0.176 e. The predicted octanol–water partition coefficient (Wildman–Crippen LogP) is 3.65. The van der Waals surface area contributed by atoms with Gasteiger partial charge in [-0.25, -0.2) is 14.4 Å². The van der Waals surface area contributed by atoms with Crippen molar-refractivity contribution in [1.82, 2.24) is 24.0 Å². The molecule has 26 heavy (non-hydrogen) atoms. The molecule has 0 aliphatic carbocycles. The van der Waals surface area contributed by atoms with Crippen LogP contribution in [0.5, 0.6) is 0 Å². The van der Waals surface area contributed by atoms with Crippen molar-refractivity contribution < 1.29 is 4.39 Å². The van der Waals surface area contributed by atoms with Crippen LogP contribution in [0.1, 0.15) is 30.9 Å². The molecule has 136 valence electrons. The fourth-order valence-corrected chi connectivity index (χ4v) is 3.78. The van der Waals surface area contributed by atoms with Gasteiger partial charge in [-0.2, -0.15) is 0 Å². The van der Waals surface area contributed by atoms with E-state index in [-0.39, 0.29) is 11.9 Å². The van der Waals surface area contributed by atoms with E-state index in [0.717, 1.165) is 36.8 Å². The number of hydrogen-bond donors (Lipinski definition) is 0. The van der Waals surface area contributed by atoms with Crippen LogP contribution in [-0.2, 0) is 13.6 Å². The maximum absolute atomic E-state index is 13.4. The molecule has 0 bridgehead atoms. The van der Waals surface area contributed by atoms with Crippen LogP contribution < -0.4 is 0 Å². The van der Waals surface area contributed by atoms with Crippen LogP contribution in [0.4, 0.5) is 4.39 Å². The summed E-state index contributed by atoms with van der Waals surface area (Å²) in [7, 11) is 1.98. The van der Waals surface area contributed by atoms with Crippen LogP contribution in [-0.4, -0.2) is 37.1 Å². The molecule has 3 aromatic rings. The van der Waals surface area contributed by atoms with Gasteiger partial charge in [0.25, 0.3) is 0 Å². The summed E-state index contributed by atoms with van der Waals surface area (Å²) in [6.45, 7) is 2.93. The number of rotatable bonds is 5. The van der Waals surface area contributed by atoms with Gasteiger partial charge in [0, 0.05) is 38.4 Å². The molecule has 1 unspecified atom stereocenters. The van der Waals surface area contributed by atoms with Crippen molar-refractivity contribution in [3.8, 4) is 11.6 Å². The van der Waals surface area contributed by atoms with Gasteiger partial charge in [0.1, 0.15) is 5.82 Å². The third kappa shape index (κ3) is 3.42. The highest BCUT2D eigenvalue weighted by atomic mass is 19.1. The molecule has 4 rings (SSSR count). The lowest BCUT2D eigenvalue weighted by Gasteiger charge is -2.35. The van der Waals surface area contributed by atoms with Crippen LogP contribution in [0.25, 0.3) is 11.6 Å². The van der Waals surface area contributed by atoms with E-state index < -0.39 is 0 Å². The zero-order valence-electron chi connectivity index (χ0n) is 15.1. The molecule has 2 aromatic heterocycles. The fourth-order valence-electron chi connectivity index (χ4n) is 3.78. The summed E-state index contributed by atoms with van der Waals surface area (Å²) in [5.41, 5.74) is 1.15. The maximum Gasteiger partial charge on any atom is 0.176 e. The molecular formula is C20H24FN5. The summed E-state index contributed by atoms with van der Waals surface area (Å²) in [6, 6.07) is 7.13. The normalized spacial score (nSPS) is 16.7. The first kappa shape index (κ1) is 17.0. The molecule has 0 spiro atoms. The van der Waals surface area contributed by atoms with Crippen molar-refractivity contribution >= 4 is 0 Å². The van der Waals surface area contributed by atoms with Gasteiger partial charge in [0.05, 0.1) is 6.04 Å². The maximum atomic E-state index is 13.4. The molecule has 3 heterocycles. The lowest BCUT2D eigenvalue weighted by Crippen LogP contribution is -2.36. The largest absolute Gasteiger partial charge is 0.331 e. The molecule has 1 aliphatic heterocycles. The van der Waals surface area contributed by atoms with Crippen LogP contribution in [0, 0.1) is 5.82 Å². The first-order valence-corrected chi connectivity index (χ1v) is 9.21. The second-order valence-electron chi connectivity index (χ2n) is 6.93. The van der Waals surface area contributed by atoms with E-state index in [1.807, 2.05) is 42.3 Å². The Bertz CT molecular complexity index is 845. The summed E-state index contributed by atoms with van der Waals surface area (Å²) >= 11 is 0. The van der Waals surface area contributed by atoms with Crippen molar-refractivity contribution in [1.29, 1.82) is 0 Å². The molecule has 1 aliphatic rings. The Hall–Kier alpha value is -2.47. The molecule has 5 nitrogen and oxygen atoms in total.